The Morgan fingerprint density at radius 2 is 2.08 bits per heavy atom. The molecular formula is C16H19N3O6. The summed E-state index contributed by atoms with van der Waals surface area (Å²) in [5, 5.41) is 13.8. The number of hydrogen-bond acceptors (Lipinski definition) is 7. The second-order valence-corrected chi connectivity index (χ2v) is 5.51. The number of anilines is 1. The number of carbonyl (C=O) groups excluding carboxylic acids is 3. The number of nitrogens with zero attached hydrogens (tertiary/aromatic N) is 2. The molecule has 0 aliphatic carbocycles. The van der Waals surface area contributed by atoms with Crippen molar-refractivity contribution < 1.29 is 24.0 Å². The van der Waals surface area contributed by atoms with Gasteiger partial charge in [0, 0.05) is 32.0 Å². The van der Waals surface area contributed by atoms with E-state index in [9.17, 15) is 24.5 Å². The third-order valence-electron chi connectivity index (χ3n) is 3.70. The van der Waals surface area contributed by atoms with Crippen LogP contribution in [0.1, 0.15) is 25.7 Å². The quantitative estimate of drug-likeness (QED) is 0.327. The standard InChI is InChI=1S/C16H19N3O6/c20-14-7-4-10-18(14)15(21)11-25-16(22)8-3-9-17-12-5-1-2-6-13(12)19(23)24/h1-2,5-6,17H,3-4,7-11H2. The van der Waals surface area contributed by atoms with Crippen molar-refractivity contribution in [3.05, 3.63) is 34.4 Å². The minimum absolute atomic E-state index is 0.0362. The average Bonchev–Trinajstić information content (AvgIpc) is 3.03. The fraction of sp³-hybridized carbons (Fsp3) is 0.438. The molecule has 9 nitrogen and oxygen atoms in total. The Balaban J connectivity index is 1.66. The van der Waals surface area contributed by atoms with Crippen molar-refractivity contribution >= 4 is 29.2 Å². The molecule has 1 N–H and O–H groups in total. The first kappa shape index (κ1) is 18.4. The predicted molar refractivity (Wildman–Crippen MR) is 87.7 cm³/mol. The van der Waals surface area contributed by atoms with Gasteiger partial charge in [0.15, 0.2) is 6.61 Å². The molecule has 1 aliphatic rings. The van der Waals surface area contributed by atoms with E-state index < -0.39 is 23.4 Å². The van der Waals surface area contributed by atoms with Crippen molar-refractivity contribution in [2.24, 2.45) is 0 Å². The number of ether oxygens (including phenoxy) is 1. The van der Waals surface area contributed by atoms with Crippen molar-refractivity contribution in [1.82, 2.24) is 4.90 Å². The number of imide groups is 1. The fourth-order valence-corrected chi connectivity index (χ4v) is 2.44. The predicted octanol–water partition coefficient (Wildman–Crippen LogP) is 1.48. The Labute approximate surface area is 144 Å². The molecule has 9 heteroatoms. The minimum atomic E-state index is -0.552. The third kappa shape index (κ3) is 5.27. The minimum Gasteiger partial charge on any atom is -0.456 e. The molecule has 1 aliphatic heterocycles. The van der Waals surface area contributed by atoms with E-state index in [2.05, 4.69) is 5.32 Å². The second kappa shape index (κ2) is 8.76. The number of benzene rings is 1. The van der Waals surface area contributed by atoms with Crippen molar-refractivity contribution in [2.75, 3.05) is 25.0 Å². The van der Waals surface area contributed by atoms with E-state index in [-0.39, 0.29) is 18.0 Å². The summed E-state index contributed by atoms with van der Waals surface area (Å²) < 4.78 is 4.86. The monoisotopic (exact) mass is 349 g/mol. The van der Waals surface area contributed by atoms with Gasteiger partial charge in [-0.1, -0.05) is 12.1 Å². The molecule has 25 heavy (non-hydrogen) atoms. The first-order valence-corrected chi connectivity index (χ1v) is 7.95. The van der Waals surface area contributed by atoms with Crippen LogP contribution in [0.2, 0.25) is 0 Å². The van der Waals surface area contributed by atoms with Crippen LogP contribution in [-0.4, -0.2) is 47.3 Å². The number of likely N-dealkylation sites (tertiary alicyclic amines) is 1. The van der Waals surface area contributed by atoms with E-state index in [4.69, 9.17) is 4.74 Å². The van der Waals surface area contributed by atoms with Gasteiger partial charge >= 0.3 is 5.97 Å². The molecule has 134 valence electrons. The number of nitro groups is 1. The van der Waals surface area contributed by atoms with Crippen molar-refractivity contribution in [3.8, 4) is 0 Å². The number of carbonyl (C=O) groups is 3. The van der Waals surface area contributed by atoms with E-state index in [0.29, 0.717) is 38.0 Å². The summed E-state index contributed by atoms with van der Waals surface area (Å²) in [6.45, 7) is 0.273. The SMILES string of the molecule is O=C(CCCNc1ccccc1[N+](=O)[O-])OCC(=O)N1CCCC1=O. The van der Waals surface area contributed by atoms with Gasteiger partial charge in [-0.05, 0) is 18.9 Å². The molecule has 1 fully saturated rings. The van der Waals surface area contributed by atoms with Gasteiger partial charge in [-0.25, -0.2) is 0 Å². The van der Waals surface area contributed by atoms with Crippen LogP contribution >= 0.6 is 0 Å². The summed E-state index contributed by atoms with van der Waals surface area (Å²) >= 11 is 0. The van der Waals surface area contributed by atoms with Crippen LogP contribution in [0.25, 0.3) is 0 Å². The van der Waals surface area contributed by atoms with Gasteiger partial charge < -0.3 is 10.1 Å². The Bertz CT molecular complexity index is 676. The summed E-state index contributed by atoms with van der Waals surface area (Å²) in [7, 11) is 0. The number of nitro benzene ring substituents is 1. The van der Waals surface area contributed by atoms with Gasteiger partial charge in [-0.3, -0.25) is 29.4 Å². The molecule has 0 radical (unpaired) electrons. The summed E-state index contributed by atoms with van der Waals surface area (Å²) in [6, 6.07) is 6.22. The molecule has 0 saturated carbocycles. The Morgan fingerprint density at radius 1 is 1.32 bits per heavy atom. The van der Waals surface area contributed by atoms with Gasteiger partial charge in [0.1, 0.15) is 5.69 Å². The Morgan fingerprint density at radius 3 is 2.76 bits per heavy atom. The molecule has 0 bridgehead atoms. The molecule has 1 heterocycles. The summed E-state index contributed by atoms with van der Waals surface area (Å²) in [6.07, 6.45) is 1.43. The van der Waals surface area contributed by atoms with Crippen LogP contribution < -0.4 is 5.32 Å². The van der Waals surface area contributed by atoms with E-state index in [1.807, 2.05) is 0 Å². The average molecular weight is 349 g/mol. The summed E-state index contributed by atoms with van der Waals surface area (Å²) in [5.74, 6) is -1.30. The molecule has 0 unspecified atom stereocenters. The Kier molecular flexibility index (Phi) is 6.44. The molecule has 0 aromatic heterocycles. The van der Waals surface area contributed by atoms with Crippen LogP contribution in [0.5, 0.6) is 0 Å². The maximum absolute atomic E-state index is 11.7. The maximum Gasteiger partial charge on any atom is 0.306 e. The van der Waals surface area contributed by atoms with Crippen molar-refractivity contribution in [1.29, 1.82) is 0 Å². The lowest BCUT2D eigenvalue weighted by Crippen LogP contribution is -2.35. The third-order valence-corrected chi connectivity index (χ3v) is 3.70. The molecule has 0 atom stereocenters. The van der Waals surface area contributed by atoms with Gasteiger partial charge in [0.2, 0.25) is 5.91 Å². The zero-order valence-corrected chi connectivity index (χ0v) is 13.6. The van der Waals surface area contributed by atoms with E-state index >= 15 is 0 Å². The lowest BCUT2D eigenvalue weighted by molar-refractivity contribution is -0.384. The van der Waals surface area contributed by atoms with Crippen LogP contribution in [0.15, 0.2) is 24.3 Å². The highest BCUT2D eigenvalue weighted by molar-refractivity contribution is 5.97. The number of rotatable bonds is 8. The second-order valence-electron chi connectivity index (χ2n) is 5.51. The van der Waals surface area contributed by atoms with Gasteiger partial charge in [-0.2, -0.15) is 0 Å². The van der Waals surface area contributed by atoms with Gasteiger partial charge in [0.25, 0.3) is 11.6 Å². The number of amides is 2. The Hall–Kier alpha value is -2.97. The molecule has 2 amide bonds. The summed E-state index contributed by atoms with van der Waals surface area (Å²) in [4.78, 5) is 46.2. The highest BCUT2D eigenvalue weighted by atomic mass is 16.6. The highest BCUT2D eigenvalue weighted by Gasteiger charge is 2.26. The number of esters is 1. The van der Waals surface area contributed by atoms with E-state index in [0.717, 1.165) is 4.90 Å². The zero-order chi connectivity index (χ0) is 18.2. The number of para-hydroxylation sites is 2. The first-order valence-electron chi connectivity index (χ1n) is 7.95. The molecular weight excluding hydrogens is 330 g/mol. The van der Waals surface area contributed by atoms with Crippen LogP contribution in [-0.2, 0) is 19.1 Å². The topological polar surface area (TPSA) is 119 Å². The first-order chi connectivity index (χ1) is 12.0. The van der Waals surface area contributed by atoms with Crippen molar-refractivity contribution in [2.45, 2.75) is 25.7 Å². The van der Waals surface area contributed by atoms with E-state index in [1.165, 1.54) is 6.07 Å². The summed E-state index contributed by atoms with van der Waals surface area (Å²) in [5.41, 5.74) is 0.342. The normalized spacial score (nSPS) is 13.6. The van der Waals surface area contributed by atoms with Crippen molar-refractivity contribution in [3.63, 3.8) is 0 Å². The molecule has 2 rings (SSSR count). The van der Waals surface area contributed by atoms with Crippen LogP contribution in [0, 0.1) is 10.1 Å². The van der Waals surface area contributed by atoms with E-state index in [1.54, 1.807) is 18.2 Å². The molecule has 1 aromatic rings. The molecule has 0 spiro atoms. The van der Waals surface area contributed by atoms with Gasteiger partial charge in [-0.15, -0.1) is 0 Å². The number of nitrogens with one attached hydrogen (secondary N) is 1. The molecule has 1 saturated heterocycles. The zero-order valence-electron chi connectivity index (χ0n) is 13.6. The lowest BCUT2D eigenvalue weighted by Gasteiger charge is -2.13. The fourth-order valence-electron chi connectivity index (χ4n) is 2.44. The smallest absolute Gasteiger partial charge is 0.306 e. The molecule has 1 aromatic carbocycles. The van der Waals surface area contributed by atoms with Crippen LogP contribution in [0.3, 0.4) is 0 Å². The largest absolute Gasteiger partial charge is 0.456 e. The lowest BCUT2D eigenvalue weighted by atomic mass is 10.2. The number of hydrogen-bond donors (Lipinski definition) is 1. The van der Waals surface area contributed by atoms with Crippen LogP contribution in [0.4, 0.5) is 11.4 Å². The highest BCUT2D eigenvalue weighted by Crippen LogP contribution is 2.22. The maximum atomic E-state index is 11.7. The van der Waals surface area contributed by atoms with Gasteiger partial charge in [0.05, 0.1) is 4.92 Å².